The predicted molar refractivity (Wildman–Crippen MR) is 108 cm³/mol. The molecule has 1 N–H and O–H groups in total. The van der Waals surface area contributed by atoms with Crippen LogP contribution in [0.1, 0.15) is 31.0 Å². The van der Waals surface area contributed by atoms with Crippen molar-refractivity contribution in [3.8, 4) is 16.9 Å². The van der Waals surface area contributed by atoms with Gasteiger partial charge in [0.2, 0.25) is 5.91 Å². The fraction of sp³-hybridized carbons (Fsp3) is 0.429. The number of likely N-dealkylation sites (tertiary alicyclic amines) is 1. The average molecular weight is 424 g/mol. The second kappa shape index (κ2) is 8.63. The molecule has 1 amide bonds. The van der Waals surface area contributed by atoms with E-state index in [0.29, 0.717) is 16.9 Å². The number of carbonyl (C=O) groups is 1. The molecule has 2 aromatic rings. The smallest absolute Gasteiger partial charge is 0.242 e. The molecule has 5 nitrogen and oxygen atoms in total. The zero-order valence-electron chi connectivity index (χ0n) is 16.2. The number of nitrogens with one attached hydrogen (secondary N) is 1. The van der Waals surface area contributed by atoms with Crippen molar-refractivity contribution in [1.29, 1.82) is 0 Å². The maximum Gasteiger partial charge on any atom is 0.242 e. The molecule has 2 saturated heterocycles. The summed E-state index contributed by atoms with van der Waals surface area (Å²) in [6.45, 7) is 0.0846. The van der Waals surface area contributed by atoms with Gasteiger partial charge in [-0.3, -0.25) is 15.1 Å². The Balaban J connectivity index is 0.00000240. The van der Waals surface area contributed by atoms with Crippen LogP contribution in [0, 0.1) is 5.82 Å². The Morgan fingerprint density at radius 1 is 1.31 bits per heavy atom. The highest BCUT2D eigenvalue weighted by Gasteiger charge is 2.50. The van der Waals surface area contributed by atoms with E-state index in [9.17, 15) is 13.6 Å². The van der Waals surface area contributed by atoms with Crippen molar-refractivity contribution < 1.29 is 18.3 Å². The van der Waals surface area contributed by atoms with Crippen LogP contribution in [0.3, 0.4) is 0 Å². The van der Waals surface area contributed by atoms with Crippen LogP contribution in [0.15, 0.2) is 36.5 Å². The summed E-state index contributed by atoms with van der Waals surface area (Å²) in [6, 6.07) is 7.91. The number of nitrogens with zero attached hydrogens (tertiary/aromatic N) is 2. The molecule has 2 fully saturated rings. The molecule has 0 aliphatic carbocycles. The molecule has 29 heavy (non-hydrogen) atoms. The van der Waals surface area contributed by atoms with Gasteiger partial charge >= 0.3 is 0 Å². The molecule has 0 saturated carbocycles. The maximum absolute atomic E-state index is 14.4. The number of hydrogen-bond donors (Lipinski definition) is 1. The van der Waals surface area contributed by atoms with Crippen LogP contribution in [0.5, 0.6) is 5.75 Å². The molecular weight excluding hydrogens is 400 g/mol. The average Bonchev–Trinajstić information content (AvgIpc) is 3.27. The van der Waals surface area contributed by atoms with E-state index >= 15 is 0 Å². The van der Waals surface area contributed by atoms with Crippen molar-refractivity contribution in [3.05, 3.63) is 48.0 Å². The Hall–Kier alpha value is -2.25. The van der Waals surface area contributed by atoms with Crippen molar-refractivity contribution in [1.82, 2.24) is 15.2 Å². The minimum atomic E-state index is -0.602. The summed E-state index contributed by atoms with van der Waals surface area (Å²) in [5.41, 5.74) is 1.34. The quantitative estimate of drug-likeness (QED) is 0.797. The second-order valence-corrected chi connectivity index (χ2v) is 7.44. The van der Waals surface area contributed by atoms with Crippen LogP contribution < -0.4 is 10.1 Å². The van der Waals surface area contributed by atoms with E-state index in [1.807, 2.05) is 13.1 Å². The van der Waals surface area contributed by atoms with Crippen LogP contribution in [0.4, 0.5) is 8.78 Å². The summed E-state index contributed by atoms with van der Waals surface area (Å²) >= 11 is 0. The summed E-state index contributed by atoms with van der Waals surface area (Å²) in [5.74, 6) is 0.174. The van der Waals surface area contributed by atoms with Crippen LogP contribution in [-0.2, 0) is 4.79 Å². The van der Waals surface area contributed by atoms with E-state index in [2.05, 4.69) is 10.3 Å². The van der Waals surface area contributed by atoms with Gasteiger partial charge in [-0.15, -0.1) is 12.4 Å². The fourth-order valence-electron chi connectivity index (χ4n) is 4.17. The van der Waals surface area contributed by atoms with E-state index in [1.165, 1.54) is 12.1 Å². The zero-order valence-corrected chi connectivity index (χ0v) is 17.0. The number of halogens is 3. The minimum Gasteiger partial charge on any atom is -0.491 e. The minimum absolute atomic E-state index is 0. The number of carbonyl (C=O) groups excluding carboxylic acids is 1. The van der Waals surface area contributed by atoms with Gasteiger partial charge in [-0.05, 0) is 55.2 Å². The molecule has 0 radical (unpaired) electrons. The number of ether oxygens (including phenoxy) is 1. The molecule has 0 bridgehead atoms. The lowest BCUT2D eigenvalue weighted by molar-refractivity contribution is -0.131. The first-order valence-electron chi connectivity index (χ1n) is 9.50. The number of amides is 1. The molecule has 2 aliphatic rings. The standard InChI is InChI=1S/C21H23F2N3O2.ClH/c1-26-10-7-21(20(26)27)6-4-18(25-21)19-12-14(5-9-24-19)16-13-15(28-11-8-22)2-3-17(16)23;/h2-3,5,9,12-13,18,25H,4,6-8,10-11H2,1H3;1H/t18-,21+;/m1./s1. The molecule has 8 heteroatoms. The van der Waals surface area contributed by atoms with Gasteiger partial charge < -0.3 is 9.64 Å². The number of aromatic nitrogens is 1. The number of likely N-dealkylation sites (N-methyl/N-ethyl adjacent to an activating group) is 1. The Bertz CT molecular complexity index is 898. The van der Waals surface area contributed by atoms with E-state index in [4.69, 9.17) is 4.74 Å². The van der Waals surface area contributed by atoms with Crippen molar-refractivity contribution in [2.45, 2.75) is 30.8 Å². The van der Waals surface area contributed by atoms with E-state index in [-0.39, 0.29) is 36.8 Å². The molecule has 2 aliphatic heterocycles. The van der Waals surface area contributed by atoms with Crippen LogP contribution in [0.2, 0.25) is 0 Å². The first kappa shape index (κ1) is 21.5. The molecule has 156 valence electrons. The molecule has 1 aromatic carbocycles. The van der Waals surface area contributed by atoms with Crippen molar-refractivity contribution in [2.24, 2.45) is 0 Å². The molecule has 4 rings (SSSR count). The van der Waals surface area contributed by atoms with Crippen LogP contribution >= 0.6 is 12.4 Å². The second-order valence-electron chi connectivity index (χ2n) is 7.44. The third kappa shape index (κ3) is 4.07. The molecule has 2 atom stereocenters. The van der Waals surface area contributed by atoms with Gasteiger partial charge in [0, 0.05) is 25.4 Å². The number of pyridine rings is 1. The van der Waals surface area contributed by atoms with Gasteiger partial charge in [-0.1, -0.05) is 0 Å². The molecule has 1 spiro atoms. The van der Waals surface area contributed by atoms with Gasteiger partial charge in [0.1, 0.15) is 30.4 Å². The molecular formula is C21H24ClF2N3O2. The Labute approximate surface area is 174 Å². The predicted octanol–water partition coefficient (Wildman–Crippen LogP) is 3.68. The van der Waals surface area contributed by atoms with E-state index in [1.54, 1.807) is 23.2 Å². The lowest BCUT2D eigenvalue weighted by Crippen LogP contribution is -2.47. The summed E-state index contributed by atoms with van der Waals surface area (Å²) in [4.78, 5) is 18.7. The highest BCUT2D eigenvalue weighted by Crippen LogP contribution is 2.39. The molecule has 3 heterocycles. The Kier molecular flexibility index (Phi) is 6.39. The first-order valence-corrected chi connectivity index (χ1v) is 9.50. The van der Waals surface area contributed by atoms with Crippen molar-refractivity contribution >= 4 is 18.3 Å². The summed E-state index contributed by atoms with van der Waals surface area (Å²) < 4.78 is 32.0. The maximum atomic E-state index is 14.4. The topological polar surface area (TPSA) is 54.5 Å². The first-order chi connectivity index (χ1) is 13.5. The van der Waals surface area contributed by atoms with E-state index in [0.717, 1.165) is 31.5 Å². The zero-order chi connectivity index (χ0) is 19.7. The van der Waals surface area contributed by atoms with Gasteiger partial charge in [0.15, 0.2) is 0 Å². The highest BCUT2D eigenvalue weighted by molar-refractivity contribution is 5.88. The molecule has 0 unspecified atom stereocenters. The van der Waals surface area contributed by atoms with Crippen LogP contribution in [-0.4, -0.2) is 48.2 Å². The normalized spacial score (nSPS) is 23.5. The number of benzene rings is 1. The fourth-order valence-corrected chi connectivity index (χ4v) is 4.17. The SMILES string of the molecule is CN1CC[C@@]2(CC[C@H](c3cc(-c4cc(OCCF)ccc4F)ccn3)N2)C1=O.Cl. The Morgan fingerprint density at radius 2 is 2.14 bits per heavy atom. The third-order valence-corrected chi connectivity index (χ3v) is 5.67. The lowest BCUT2D eigenvalue weighted by Gasteiger charge is -2.23. The Morgan fingerprint density at radius 3 is 2.86 bits per heavy atom. The van der Waals surface area contributed by atoms with Gasteiger partial charge in [0.25, 0.3) is 0 Å². The van der Waals surface area contributed by atoms with Gasteiger partial charge in [-0.25, -0.2) is 8.78 Å². The van der Waals surface area contributed by atoms with Gasteiger partial charge in [-0.2, -0.15) is 0 Å². The molecule has 1 aromatic heterocycles. The number of alkyl halides is 1. The van der Waals surface area contributed by atoms with Crippen molar-refractivity contribution in [3.63, 3.8) is 0 Å². The van der Waals surface area contributed by atoms with Gasteiger partial charge in [0.05, 0.1) is 11.7 Å². The number of rotatable bonds is 5. The largest absolute Gasteiger partial charge is 0.491 e. The van der Waals surface area contributed by atoms with E-state index < -0.39 is 12.2 Å². The summed E-state index contributed by atoms with van der Waals surface area (Å²) in [7, 11) is 1.83. The third-order valence-electron chi connectivity index (χ3n) is 5.67. The summed E-state index contributed by atoms with van der Waals surface area (Å²) in [5, 5.41) is 3.48. The summed E-state index contributed by atoms with van der Waals surface area (Å²) in [6.07, 6.45) is 4.02. The monoisotopic (exact) mass is 423 g/mol. The van der Waals surface area contributed by atoms with Crippen LogP contribution in [0.25, 0.3) is 11.1 Å². The highest BCUT2D eigenvalue weighted by atomic mass is 35.5. The lowest BCUT2D eigenvalue weighted by atomic mass is 9.96. The van der Waals surface area contributed by atoms with Crippen molar-refractivity contribution in [2.75, 3.05) is 26.9 Å². The number of hydrogen-bond acceptors (Lipinski definition) is 4.